The smallest absolute Gasteiger partial charge is 0.208 e. The van der Waals surface area contributed by atoms with E-state index in [-0.39, 0.29) is 10.6 Å². The van der Waals surface area contributed by atoms with Crippen molar-refractivity contribution in [1.82, 2.24) is 0 Å². The van der Waals surface area contributed by atoms with Gasteiger partial charge >= 0.3 is 0 Å². The fourth-order valence-corrected chi connectivity index (χ4v) is 1.21. The summed E-state index contributed by atoms with van der Waals surface area (Å²) in [5.74, 6) is -0.491. The van der Waals surface area contributed by atoms with Gasteiger partial charge in [-0.25, -0.2) is 0 Å². The number of ketones is 1. The molecule has 1 aromatic carbocycles. The molecule has 0 aliphatic rings. The lowest BCUT2D eigenvalue weighted by atomic mass is 10.1. The van der Waals surface area contributed by atoms with E-state index < -0.39 is 5.78 Å². The maximum Gasteiger partial charge on any atom is 0.208 e. The number of Topliss-reactive ketones (excluding diaryl/α,β-unsaturated/α-hetero) is 1. The van der Waals surface area contributed by atoms with Crippen LogP contribution < -0.4 is 0 Å². The third kappa shape index (κ3) is 2.20. The molecule has 0 atom stereocenters. The minimum absolute atomic E-state index is 0.161. The predicted molar refractivity (Wildman–Crippen MR) is 51.1 cm³/mol. The molecule has 0 heterocycles. The number of benzene rings is 1. The second-order valence-electron chi connectivity index (χ2n) is 2.21. The molecule has 13 heavy (non-hydrogen) atoms. The topological polar surface area (TPSA) is 49.7 Å². The van der Waals surface area contributed by atoms with Crippen LogP contribution >= 0.6 is 23.2 Å². The number of nitrogens with zero attached hydrogens (tertiary/aromatic N) is 1. The first-order valence-electron chi connectivity index (χ1n) is 3.32. The van der Waals surface area contributed by atoms with Gasteiger partial charge in [-0.05, 0) is 12.1 Å². The van der Waals surface area contributed by atoms with Crippen LogP contribution in [0, 0.1) is 0 Å². The SMILES string of the molecule is O=C(C=NO)c1cccc(Cl)c1Cl. The molecule has 0 saturated heterocycles. The Hall–Kier alpha value is -1.06. The van der Waals surface area contributed by atoms with E-state index in [1.54, 1.807) is 12.1 Å². The molecule has 0 fully saturated rings. The lowest BCUT2D eigenvalue weighted by molar-refractivity contribution is 0.106. The van der Waals surface area contributed by atoms with Gasteiger partial charge in [-0.3, -0.25) is 4.79 Å². The first-order valence-corrected chi connectivity index (χ1v) is 4.08. The molecule has 0 bridgehead atoms. The number of hydrogen-bond donors (Lipinski definition) is 1. The number of oxime groups is 1. The predicted octanol–water partition coefficient (Wildman–Crippen LogP) is 2.64. The minimum Gasteiger partial charge on any atom is -0.411 e. The van der Waals surface area contributed by atoms with Crippen LogP contribution in [0.25, 0.3) is 0 Å². The summed E-state index contributed by atoms with van der Waals surface area (Å²) >= 11 is 11.4. The van der Waals surface area contributed by atoms with Crippen molar-refractivity contribution in [2.24, 2.45) is 5.16 Å². The van der Waals surface area contributed by atoms with Crippen molar-refractivity contribution in [3.8, 4) is 0 Å². The summed E-state index contributed by atoms with van der Waals surface area (Å²) in [6, 6.07) is 4.65. The van der Waals surface area contributed by atoms with Gasteiger partial charge in [0.15, 0.2) is 0 Å². The van der Waals surface area contributed by atoms with Crippen LogP contribution in [-0.2, 0) is 0 Å². The van der Waals surface area contributed by atoms with E-state index in [0.717, 1.165) is 6.21 Å². The highest BCUT2D eigenvalue weighted by Gasteiger charge is 2.10. The number of carbonyl (C=O) groups is 1. The summed E-state index contributed by atoms with van der Waals surface area (Å²) in [6.07, 6.45) is 0.761. The van der Waals surface area contributed by atoms with Crippen molar-refractivity contribution in [3.63, 3.8) is 0 Å². The van der Waals surface area contributed by atoms with Crippen molar-refractivity contribution in [3.05, 3.63) is 33.8 Å². The summed E-state index contributed by atoms with van der Waals surface area (Å²) in [5, 5.41) is 11.2. The lowest BCUT2D eigenvalue weighted by Gasteiger charge is -1.99. The summed E-state index contributed by atoms with van der Waals surface area (Å²) < 4.78 is 0. The Morgan fingerprint density at radius 1 is 1.46 bits per heavy atom. The zero-order chi connectivity index (χ0) is 9.84. The molecule has 0 aromatic heterocycles. The Morgan fingerprint density at radius 3 is 2.77 bits per heavy atom. The first kappa shape index (κ1) is 10.0. The molecule has 1 N–H and O–H groups in total. The fraction of sp³-hybridized carbons (Fsp3) is 0. The molecule has 0 unspecified atom stereocenters. The molecule has 3 nitrogen and oxygen atoms in total. The van der Waals surface area contributed by atoms with Crippen LogP contribution in [0.5, 0.6) is 0 Å². The van der Waals surface area contributed by atoms with Crippen molar-refractivity contribution in [2.45, 2.75) is 0 Å². The van der Waals surface area contributed by atoms with Crippen LogP contribution in [0.1, 0.15) is 10.4 Å². The summed E-state index contributed by atoms with van der Waals surface area (Å²) in [7, 11) is 0. The van der Waals surface area contributed by atoms with Crippen molar-refractivity contribution in [1.29, 1.82) is 0 Å². The average Bonchev–Trinajstić information content (AvgIpc) is 2.10. The third-order valence-electron chi connectivity index (χ3n) is 1.39. The van der Waals surface area contributed by atoms with E-state index in [9.17, 15) is 4.79 Å². The van der Waals surface area contributed by atoms with E-state index in [2.05, 4.69) is 5.16 Å². The average molecular weight is 218 g/mol. The van der Waals surface area contributed by atoms with Crippen LogP contribution in [0.3, 0.4) is 0 Å². The molecule has 0 spiro atoms. The number of rotatable bonds is 2. The van der Waals surface area contributed by atoms with Gasteiger partial charge in [0.05, 0.1) is 10.0 Å². The molecule has 1 rings (SSSR count). The summed E-state index contributed by atoms with van der Waals surface area (Å²) in [4.78, 5) is 11.2. The molecule has 0 aliphatic carbocycles. The van der Waals surface area contributed by atoms with Gasteiger partial charge in [-0.2, -0.15) is 0 Å². The molecule has 0 saturated carbocycles. The Kier molecular flexibility index (Phi) is 3.28. The lowest BCUT2D eigenvalue weighted by Crippen LogP contribution is -2.01. The van der Waals surface area contributed by atoms with Crippen LogP contribution in [-0.4, -0.2) is 17.2 Å². The van der Waals surface area contributed by atoms with E-state index in [4.69, 9.17) is 28.4 Å². The molecule has 0 aliphatic heterocycles. The monoisotopic (exact) mass is 217 g/mol. The molecular weight excluding hydrogens is 213 g/mol. The second kappa shape index (κ2) is 4.25. The van der Waals surface area contributed by atoms with Gasteiger partial charge < -0.3 is 5.21 Å². The Bertz CT molecular complexity index is 363. The first-order chi connectivity index (χ1) is 6.16. The van der Waals surface area contributed by atoms with Crippen molar-refractivity contribution >= 4 is 35.2 Å². The van der Waals surface area contributed by atoms with Gasteiger partial charge in [0.1, 0.15) is 6.21 Å². The van der Waals surface area contributed by atoms with Gasteiger partial charge in [0, 0.05) is 5.56 Å². The maximum absolute atomic E-state index is 11.2. The quantitative estimate of drug-likeness (QED) is 0.359. The van der Waals surface area contributed by atoms with E-state index in [1.807, 2.05) is 0 Å². The highest BCUT2D eigenvalue weighted by Crippen LogP contribution is 2.25. The largest absolute Gasteiger partial charge is 0.411 e. The van der Waals surface area contributed by atoms with E-state index in [0.29, 0.717) is 5.02 Å². The molecule has 0 radical (unpaired) electrons. The molecular formula is C8H5Cl2NO2. The highest BCUT2D eigenvalue weighted by atomic mass is 35.5. The van der Waals surface area contributed by atoms with Gasteiger partial charge in [0.25, 0.3) is 0 Å². The zero-order valence-corrected chi connectivity index (χ0v) is 7.88. The van der Waals surface area contributed by atoms with Gasteiger partial charge in [0.2, 0.25) is 5.78 Å². The van der Waals surface area contributed by atoms with Crippen molar-refractivity contribution < 1.29 is 10.0 Å². The Labute approximate surface area is 84.6 Å². The molecule has 5 heteroatoms. The van der Waals surface area contributed by atoms with Crippen LogP contribution in [0.15, 0.2) is 23.4 Å². The zero-order valence-electron chi connectivity index (χ0n) is 6.37. The number of carbonyl (C=O) groups excluding carboxylic acids is 1. The normalized spacial score (nSPS) is 10.6. The molecule has 0 amide bonds. The highest BCUT2D eigenvalue weighted by molar-refractivity contribution is 6.47. The Morgan fingerprint density at radius 2 is 2.15 bits per heavy atom. The fourth-order valence-electron chi connectivity index (χ4n) is 0.816. The molecule has 1 aromatic rings. The van der Waals surface area contributed by atoms with E-state index in [1.165, 1.54) is 6.07 Å². The third-order valence-corrected chi connectivity index (χ3v) is 2.21. The van der Waals surface area contributed by atoms with E-state index >= 15 is 0 Å². The molecule has 68 valence electrons. The van der Waals surface area contributed by atoms with Gasteiger partial charge in [-0.15, -0.1) is 0 Å². The van der Waals surface area contributed by atoms with Crippen LogP contribution in [0.2, 0.25) is 10.0 Å². The Balaban J connectivity index is 3.15. The minimum atomic E-state index is -0.491. The standard InChI is InChI=1S/C8H5Cl2NO2/c9-6-3-1-2-5(8(6)10)7(12)4-11-13/h1-4,13H. The summed E-state index contributed by atoms with van der Waals surface area (Å²) in [6.45, 7) is 0. The number of hydrogen-bond acceptors (Lipinski definition) is 3. The van der Waals surface area contributed by atoms with Gasteiger partial charge in [-0.1, -0.05) is 34.4 Å². The number of halogens is 2. The van der Waals surface area contributed by atoms with Crippen molar-refractivity contribution in [2.75, 3.05) is 0 Å². The van der Waals surface area contributed by atoms with Crippen LogP contribution in [0.4, 0.5) is 0 Å². The summed E-state index contributed by atoms with van der Waals surface area (Å²) in [5.41, 5.74) is 0.215. The second-order valence-corrected chi connectivity index (χ2v) is 3.00. The maximum atomic E-state index is 11.2.